The van der Waals surface area contributed by atoms with Crippen LogP contribution in [-0.4, -0.2) is 42.1 Å². The number of urea groups is 1. The summed E-state index contributed by atoms with van der Waals surface area (Å²) in [5, 5.41) is 12.2. The zero-order valence-electron chi connectivity index (χ0n) is 12.2. The third-order valence-electron chi connectivity index (χ3n) is 3.60. The van der Waals surface area contributed by atoms with E-state index in [4.69, 9.17) is 16.9 Å². The maximum Gasteiger partial charge on any atom is 0.323 e. The van der Waals surface area contributed by atoms with Crippen LogP contribution < -0.4 is 10.2 Å². The number of thiazole rings is 1. The Morgan fingerprint density at radius 1 is 1.35 bits per heavy atom. The molecule has 1 saturated heterocycles. The van der Waals surface area contributed by atoms with E-state index < -0.39 is 0 Å². The summed E-state index contributed by atoms with van der Waals surface area (Å²) in [5.74, 6) is 0. The molecule has 0 spiro atoms. The van der Waals surface area contributed by atoms with E-state index in [0.29, 0.717) is 28.1 Å². The van der Waals surface area contributed by atoms with Crippen LogP contribution >= 0.6 is 22.9 Å². The zero-order chi connectivity index (χ0) is 16.2. The quantitative estimate of drug-likeness (QED) is 0.906. The molecular weight excluding hydrogens is 334 g/mol. The molecule has 3 rings (SSSR count). The molecule has 0 saturated carbocycles. The van der Waals surface area contributed by atoms with Crippen LogP contribution in [-0.2, 0) is 0 Å². The van der Waals surface area contributed by atoms with Gasteiger partial charge in [0.15, 0.2) is 5.13 Å². The first-order chi connectivity index (χ1) is 11.2. The van der Waals surface area contributed by atoms with Gasteiger partial charge < -0.3 is 9.80 Å². The van der Waals surface area contributed by atoms with Gasteiger partial charge in [-0.05, 0) is 18.2 Å². The monoisotopic (exact) mass is 347 g/mol. The number of carbonyl (C=O) groups excluding carboxylic acids is 1. The lowest BCUT2D eigenvalue weighted by Crippen LogP contribution is -2.50. The molecule has 0 aliphatic carbocycles. The number of hydrogen-bond donors (Lipinski definition) is 1. The van der Waals surface area contributed by atoms with Gasteiger partial charge in [-0.1, -0.05) is 29.0 Å². The molecule has 118 valence electrons. The van der Waals surface area contributed by atoms with Crippen LogP contribution in [0.3, 0.4) is 0 Å². The number of hydrogen-bond acceptors (Lipinski definition) is 5. The van der Waals surface area contributed by atoms with Crippen LogP contribution in [0.5, 0.6) is 0 Å². The highest BCUT2D eigenvalue weighted by atomic mass is 35.5. The molecule has 1 N–H and O–H groups in total. The third-order valence-corrected chi connectivity index (χ3v) is 4.63. The molecule has 2 amide bonds. The highest BCUT2D eigenvalue weighted by Gasteiger charge is 2.22. The molecule has 1 aromatic heterocycles. The van der Waals surface area contributed by atoms with Crippen molar-refractivity contribution in [1.29, 1.82) is 5.26 Å². The van der Waals surface area contributed by atoms with E-state index in [1.807, 2.05) is 18.2 Å². The predicted molar refractivity (Wildman–Crippen MR) is 91.1 cm³/mol. The maximum absolute atomic E-state index is 12.2. The topological polar surface area (TPSA) is 72.3 Å². The highest BCUT2D eigenvalue weighted by molar-refractivity contribution is 7.19. The lowest BCUT2D eigenvalue weighted by atomic mass is 10.2. The maximum atomic E-state index is 12.2. The second-order valence-electron chi connectivity index (χ2n) is 5.04. The number of nitrogens with zero attached hydrogens (tertiary/aromatic N) is 4. The molecule has 1 aliphatic heterocycles. The smallest absolute Gasteiger partial charge is 0.323 e. The Balaban J connectivity index is 1.57. The van der Waals surface area contributed by atoms with Crippen molar-refractivity contribution in [2.24, 2.45) is 0 Å². The van der Waals surface area contributed by atoms with Crippen molar-refractivity contribution in [1.82, 2.24) is 9.88 Å². The van der Waals surface area contributed by atoms with E-state index >= 15 is 0 Å². The minimum atomic E-state index is -0.165. The number of amides is 2. The fourth-order valence-electron chi connectivity index (χ4n) is 2.42. The largest absolute Gasteiger partial charge is 0.368 e. The Morgan fingerprint density at radius 2 is 2.13 bits per heavy atom. The van der Waals surface area contributed by atoms with Gasteiger partial charge in [0.25, 0.3) is 0 Å². The molecule has 0 atom stereocenters. The van der Waals surface area contributed by atoms with E-state index in [1.165, 1.54) is 17.5 Å². The van der Waals surface area contributed by atoms with Gasteiger partial charge in [-0.25, -0.2) is 9.78 Å². The summed E-state index contributed by atoms with van der Waals surface area (Å²) in [5.41, 5.74) is 1.65. The average molecular weight is 348 g/mol. The van der Waals surface area contributed by atoms with Gasteiger partial charge >= 0.3 is 6.03 Å². The first-order valence-corrected chi connectivity index (χ1v) is 8.27. The molecule has 1 aliphatic rings. The fraction of sp³-hybridized carbons (Fsp3) is 0.267. The van der Waals surface area contributed by atoms with Crippen molar-refractivity contribution < 1.29 is 4.79 Å². The Labute approximate surface area is 142 Å². The number of anilines is 2. The standard InChI is InChI=1S/C15H14ClN5OS/c16-13-10-18-14(23-13)19-15(22)21-6-4-20(5-7-21)12-3-1-2-11(8-12)9-17/h1-3,8,10H,4-7H2,(H,18,19,22). The van der Waals surface area contributed by atoms with Gasteiger partial charge in [-0.3, -0.25) is 5.32 Å². The number of nitriles is 1. The highest BCUT2D eigenvalue weighted by Crippen LogP contribution is 2.23. The molecule has 6 nitrogen and oxygen atoms in total. The molecular formula is C15H14ClN5OS. The van der Waals surface area contributed by atoms with Crippen molar-refractivity contribution in [3.05, 3.63) is 40.4 Å². The lowest BCUT2D eigenvalue weighted by molar-refractivity contribution is 0.208. The minimum absolute atomic E-state index is 0.165. The van der Waals surface area contributed by atoms with Crippen molar-refractivity contribution in [2.75, 3.05) is 36.4 Å². The fourth-order valence-corrected chi connectivity index (χ4v) is 3.22. The van der Waals surface area contributed by atoms with E-state index in [-0.39, 0.29) is 6.03 Å². The number of halogens is 1. The number of piperazine rings is 1. The second kappa shape index (κ2) is 6.86. The predicted octanol–water partition coefficient (Wildman–Crippen LogP) is 3.02. The van der Waals surface area contributed by atoms with Gasteiger partial charge in [0.1, 0.15) is 4.34 Å². The molecule has 0 unspecified atom stereocenters. The summed E-state index contributed by atoms with van der Waals surface area (Å²) in [7, 11) is 0. The summed E-state index contributed by atoms with van der Waals surface area (Å²) in [6, 6.07) is 9.49. The molecule has 2 aromatic rings. The van der Waals surface area contributed by atoms with E-state index in [9.17, 15) is 4.79 Å². The van der Waals surface area contributed by atoms with E-state index in [2.05, 4.69) is 21.3 Å². The normalized spacial score (nSPS) is 14.4. The molecule has 0 bridgehead atoms. The number of benzene rings is 1. The molecule has 1 aromatic carbocycles. The van der Waals surface area contributed by atoms with Gasteiger partial charge in [-0.15, -0.1) is 0 Å². The minimum Gasteiger partial charge on any atom is -0.368 e. The van der Waals surface area contributed by atoms with Crippen molar-refractivity contribution in [3.63, 3.8) is 0 Å². The summed E-state index contributed by atoms with van der Waals surface area (Å²) in [6.07, 6.45) is 1.52. The van der Waals surface area contributed by atoms with Gasteiger partial charge in [0.05, 0.1) is 17.8 Å². The molecule has 1 fully saturated rings. The Kier molecular flexibility index (Phi) is 4.65. The first kappa shape index (κ1) is 15.6. The van der Waals surface area contributed by atoms with Crippen molar-refractivity contribution in [3.8, 4) is 6.07 Å². The summed E-state index contributed by atoms with van der Waals surface area (Å²) < 4.78 is 0.544. The van der Waals surface area contributed by atoms with E-state index in [0.717, 1.165) is 18.8 Å². The Morgan fingerprint density at radius 3 is 2.78 bits per heavy atom. The van der Waals surface area contributed by atoms with Gasteiger partial charge in [0.2, 0.25) is 0 Å². The van der Waals surface area contributed by atoms with Crippen LogP contribution in [0.1, 0.15) is 5.56 Å². The molecule has 8 heteroatoms. The average Bonchev–Trinajstić information content (AvgIpc) is 3.00. The number of aromatic nitrogens is 1. The van der Waals surface area contributed by atoms with Crippen LogP contribution in [0, 0.1) is 11.3 Å². The molecule has 0 radical (unpaired) electrons. The summed E-state index contributed by atoms with van der Waals surface area (Å²) in [6.45, 7) is 2.67. The number of nitrogens with one attached hydrogen (secondary N) is 1. The van der Waals surface area contributed by atoms with Crippen molar-refractivity contribution in [2.45, 2.75) is 0 Å². The summed E-state index contributed by atoms with van der Waals surface area (Å²) in [4.78, 5) is 20.1. The van der Waals surface area contributed by atoms with Gasteiger partial charge in [-0.2, -0.15) is 5.26 Å². The van der Waals surface area contributed by atoms with Gasteiger partial charge in [0, 0.05) is 31.9 Å². The Bertz CT molecular complexity index is 748. The van der Waals surface area contributed by atoms with Crippen LogP contribution in [0.25, 0.3) is 0 Å². The number of rotatable bonds is 2. The van der Waals surface area contributed by atoms with E-state index in [1.54, 1.807) is 11.0 Å². The Hall–Kier alpha value is -2.30. The lowest BCUT2D eigenvalue weighted by Gasteiger charge is -2.35. The van der Waals surface area contributed by atoms with Crippen LogP contribution in [0.2, 0.25) is 4.34 Å². The molecule has 2 heterocycles. The van der Waals surface area contributed by atoms with Crippen LogP contribution in [0.4, 0.5) is 15.6 Å². The zero-order valence-corrected chi connectivity index (χ0v) is 13.8. The first-order valence-electron chi connectivity index (χ1n) is 7.08. The molecule has 23 heavy (non-hydrogen) atoms. The number of carbonyl (C=O) groups is 1. The van der Waals surface area contributed by atoms with Crippen molar-refractivity contribution >= 4 is 39.8 Å². The third kappa shape index (κ3) is 3.73. The SMILES string of the molecule is N#Cc1cccc(N2CCN(C(=O)Nc3ncc(Cl)s3)CC2)c1. The summed E-state index contributed by atoms with van der Waals surface area (Å²) >= 11 is 7.04. The van der Waals surface area contributed by atoms with Crippen LogP contribution in [0.15, 0.2) is 30.5 Å². The second-order valence-corrected chi connectivity index (χ2v) is 6.70.